The van der Waals surface area contributed by atoms with E-state index in [0.717, 1.165) is 15.4 Å². The Morgan fingerprint density at radius 1 is 1.26 bits per heavy atom. The quantitative estimate of drug-likeness (QED) is 0.419. The highest BCUT2D eigenvalue weighted by atomic mass is 35.5. The van der Waals surface area contributed by atoms with Crippen LogP contribution >= 0.6 is 35.1 Å². The first kappa shape index (κ1) is 23.3. The van der Waals surface area contributed by atoms with Gasteiger partial charge in [-0.3, -0.25) is 9.59 Å². The first-order valence-electron chi connectivity index (χ1n) is 9.54. The lowest BCUT2D eigenvalue weighted by Crippen LogP contribution is -2.52. The van der Waals surface area contributed by atoms with E-state index in [0.29, 0.717) is 30.1 Å². The van der Waals surface area contributed by atoms with Crippen molar-refractivity contribution in [3.05, 3.63) is 53.6 Å². The van der Waals surface area contributed by atoms with Crippen LogP contribution in [0, 0.1) is 0 Å². The number of benzene rings is 2. The van der Waals surface area contributed by atoms with Crippen LogP contribution in [0.15, 0.2) is 52.3 Å². The highest BCUT2D eigenvalue weighted by Crippen LogP contribution is 2.36. The minimum Gasteiger partial charge on any atom is -0.366 e. The van der Waals surface area contributed by atoms with E-state index in [2.05, 4.69) is 10.6 Å². The van der Waals surface area contributed by atoms with Crippen LogP contribution in [-0.2, 0) is 11.3 Å². The number of nitrogens with zero attached hydrogens (tertiary/aromatic N) is 1. The van der Waals surface area contributed by atoms with E-state index in [1.165, 1.54) is 11.8 Å². The Morgan fingerprint density at radius 3 is 2.65 bits per heavy atom. The van der Waals surface area contributed by atoms with Crippen LogP contribution in [0.25, 0.3) is 0 Å². The zero-order valence-corrected chi connectivity index (χ0v) is 19.3. The van der Waals surface area contributed by atoms with Crippen LogP contribution in [-0.4, -0.2) is 48.3 Å². The van der Waals surface area contributed by atoms with Crippen LogP contribution in [0.3, 0.4) is 0 Å². The number of rotatable bonds is 7. The second kappa shape index (κ2) is 10.8. The lowest BCUT2D eigenvalue weighted by atomic mass is 10.1. The van der Waals surface area contributed by atoms with Gasteiger partial charge in [0.25, 0.3) is 5.91 Å². The highest BCUT2D eigenvalue weighted by Gasteiger charge is 2.32. The molecular formula is C21H23ClN4O3S2. The van der Waals surface area contributed by atoms with Crippen molar-refractivity contribution in [3.63, 3.8) is 0 Å². The average molecular weight is 479 g/mol. The van der Waals surface area contributed by atoms with Gasteiger partial charge in [0.2, 0.25) is 5.91 Å². The molecule has 31 heavy (non-hydrogen) atoms. The van der Waals surface area contributed by atoms with E-state index in [1.807, 2.05) is 30.5 Å². The monoisotopic (exact) mass is 478 g/mol. The minimum atomic E-state index is -0.741. The van der Waals surface area contributed by atoms with Gasteiger partial charge in [0, 0.05) is 33.5 Å². The number of nitrogens with one attached hydrogen (secondary N) is 2. The fourth-order valence-electron chi connectivity index (χ4n) is 3.10. The summed E-state index contributed by atoms with van der Waals surface area (Å²) < 4.78 is 0. The van der Waals surface area contributed by atoms with Crippen molar-refractivity contribution in [2.45, 2.75) is 22.4 Å². The van der Waals surface area contributed by atoms with Crippen LogP contribution in [0.4, 0.5) is 10.5 Å². The number of alkyl halides is 1. The summed E-state index contributed by atoms with van der Waals surface area (Å²) >= 11 is 8.70. The molecule has 0 unspecified atom stereocenters. The summed E-state index contributed by atoms with van der Waals surface area (Å²) in [6.45, 7) is 0.597. The largest absolute Gasteiger partial charge is 0.366 e. The van der Waals surface area contributed by atoms with Crippen molar-refractivity contribution >= 4 is 58.7 Å². The van der Waals surface area contributed by atoms with E-state index in [-0.39, 0.29) is 11.8 Å². The summed E-state index contributed by atoms with van der Waals surface area (Å²) in [6, 6.07) is 11.8. The number of nitrogens with two attached hydrogens (primary N) is 1. The molecule has 1 heterocycles. The molecular weight excluding hydrogens is 456 g/mol. The van der Waals surface area contributed by atoms with Gasteiger partial charge in [0.05, 0.1) is 12.2 Å². The van der Waals surface area contributed by atoms with Crippen molar-refractivity contribution < 1.29 is 14.4 Å². The van der Waals surface area contributed by atoms with Crippen molar-refractivity contribution in [2.24, 2.45) is 5.73 Å². The van der Waals surface area contributed by atoms with Crippen LogP contribution in [0.1, 0.15) is 15.9 Å². The van der Waals surface area contributed by atoms with Gasteiger partial charge >= 0.3 is 6.03 Å². The molecule has 3 rings (SSSR count). The maximum Gasteiger partial charge on any atom is 0.315 e. The molecule has 2 aromatic rings. The molecule has 4 amide bonds. The maximum atomic E-state index is 13.4. The van der Waals surface area contributed by atoms with Gasteiger partial charge in [-0.25, -0.2) is 4.79 Å². The summed E-state index contributed by atoms with van der Waals surface area (Å²) in [5.74, 6) is -0.190. The number of amides is 4. The van der Waals surface area contributed by atoms with Crippen LogP contribution in [0.5, 0.6) is 0 Å². The molecule has 10 heteroatoms. The number of thioether (sulfide) groups is 2. The molecule has 1 aliphatic heterocycles. The lowest BCUT2D eigenvalue weighted by Gasteiger charge is -2.26. The smallest absolute Gasteiger partial charge is 0.315 e. The zero-order valence-electron chi connectivity index (χ0n) is 16.9. The van der Waals surface area contributed by atoms with E-state index in [1.54, 1.807) is 34.9 Å². The molecule has 0 aromatic heterocycles. The van der Waals surface area contributed by atoms with Crippen molar-refractivity contribution in [2.75, 3.05) is 29.3 Å². The third kappa shape index (κ3) is 5.87. The topological polar surface area (TPSA) is 105 Å². The Hall–Kier alpha value is -2.36. The first-order chi connectivity index (χ1) is 14.9. The first-order valence-corrected chi connectivity index (χ1v) is 12.3. The van der Waals surface area contributed by atoms with Gasteiger partial charge < -0.3 is 21.3 Å². The number of fused-ring (bicyclic) bond motifs is 1. The van der Waals surface area contributed by atoms with E-state index in [9.17, 15) is 14.4 Å². The molecule has 7 nitrogen and oxygen atoms in total. The highest BCUT2D eigenvalue weighted by molar-refractivity contribution is 7.99. The molecule has 0 bridgehead atoms. The molecule has 4 N–H and O–H groups in total. The Kier molecular flexibility index (Phi) is 8.11. The van der Waals surface area contributed by atoms with Gasteiger partial charge in [-0.1, -0.05) is 12.1 Å². The number of carbonyl (C=O) groups is 3. The van der Waals surface area contributed by atoms with Crippen LogP contribution in [0.2, 0.25) is 0 Å². The molecule has 0 radical (unpaired) electrons. The average Bonchev–Trinajstić information content (AvgIpc) is 2.90. The summed E-state index contributed by atoms with van der Waals surface area (Å²) in [5, 5.41) is 5.35. The van der Waals surface area contributed by atoms with E-state index < -0.39 is 18.0 Å². The Balaban J connectivity index is 1.94. The zero-order chi connectivity index (χ0) is 22.4. The number of primary amides is 1. The normalized spacial score (nSPS) is 15.7. The fraction of sp³-hybridized carbons (Fsp3) is 0.286. The van der Waals surface area contributed by atoms with Gasteiger partial charge in [-0.15, -0.1) is 35.1 Å². The molecule has 0 fully saturated rings. The summed E-state index contributed by atoms with van der Waals surface area (Å²) in [4.78, 5) is 40.9. The lowest BCUT2D eigenvalue weighted by molar-refractivity contribution is -0.120. The van der Waals surface area contributed by atoms with Crippen molar-refractivity contribution in [1.29, 1.82) is 0 Å². The SMILES string of the molecule is CSc1ccc(CN2C(=O)[C@@H](NC(=O)NCCCl)CSc3ccc(C(N)=O)cc32)cc1. The number of anilines is 1. The number of halogens is 1. The molecule has 2 aromatic carbocycles. The molecule has 0 aliphatic carbocycles. The number of urea groups is 1. The molecule has 0 saturated heterocycles. The van der Waals surface area contributed by atoms with Crippen LogP contribution < -0.4 is 21.3 Å². The summed E-state index contributed by atoms with van der Waals surface area (Å²) in [6.07, 6.45) is 2.00. The minimum absolute atomic E-state index is 0.261. The van der Waals surface area contributed by atoms with Gasteiger partial charge in [0.15, 0.2) is 0 Å². The van der Waals surface area contributed by atoms with Crippen molar-refractivity contribution in [3.8, 4) is 0 Å². The Morgan fingerprint density at radius 2 is 2.00 bits per heavy atom. The van der Waals surface area contributed by atoms with Gasteiger partial charge in [-0.05, 0) is 42.2 Å². The second-order valence-corrected chi connectivity index (χ2v) is 9.09. The Bertz CT molecular complexity index is 972. The number of hydrogen-bond donors (Lipinski definition) is 3. The molecule has 1 aliphatic rings. The Labute approximate surface area is 194 Å². The summed E-state index contributed by atoms with van der Waals surface area (Å²) in [5.41, 5.74) is 7.32. The third-order valence-corrected chi connectivity index (χ3v) is 6.78. The standard InChI is InChI=1S/C21H23ClN4O3S2/c1-30-15-5-2-13(3-6-15)11-26-17-10-14(19(23)27)4-7-18(17)31-12-16(20(26)28)25-21(29)24-9-8-22/h2-7,10,16H,8-9,11-12H2,1H3,(H2,23,27)(H2,24,25,29)/t16-/m0/s1. The maximum absolute atomic E-state index is 13.4. The molecule has 1 atom stereocenters. The second-order valence-electron chi connectivity index (χ2n) is 6.77. The third-order valence-electron chi connectivity index (χ3n) is 4.69. The van der Waals surface area contributed by atoms with E-state index in [4.69, 9.17) is 17.3 Å². The molecule has 0 saturated carbocycles. The predicted octanol–water partition coefficient (Wildman–Crippen LogP) is 3.05. The number of carbonyl (C=O) groups excluding carboxylic acids is 3. The number of hydrogen-bond acceptors (Lipinski definition) is 5. The van der Waals surface area contributed by atoms with Gasteiger partial charge in [0.1, 0.15) is 6.04 Å². The molecule has 0 spiro atoms. The van der Waals surface area contributed by atoms with Crippen molar-refractivity contribution in [1.82, 2.24) is 10.6 Å². The summed E-state index contributed by atoms with van der Waals surface area (Å²) in [7, 11) is 0. The predicted molar refractivity (Wildman–Crippen MR) is 126 cm³/mol. The molecule has 164 valence electrons. The van der Waals surface area contributed by atoms with E-state index >= 15 is 0 Å². The van der Waals surface area contributed by atoms with Gasteiger partial charge in [-0.2, -0.15) is 0 Å². The fourth-order valence-corrected chi connectivity index (χ4v) is 4.66.